The first kappa shape index (κ1) is 24.4. The van der Waals surface area contributed by atoms with Crippen LogP contribution in [0, 0.1) is 5.92 Å². The van der Waals surface area contributed by atoms with E-state index in [4.69, 9.17) is 10.2 Å². The van der Waals surface area contributed by atoms with E-state index >= 15 is 0 Å². The van der Waals surface area contributed by atoms with Gasteiger partial charge in [-0.2, -0.15) is 0 Å². The molecule has 0 unspecified atom stereocenters. The lowest BCUT2D eigenvalue weighted by molar-refractivity contribution is -0.142. The third-order valence-electron chi connectivity index (χ3n) is 4.87. The Bertz CT molecular complexity index is 929. The van der Waals surface area contributed by atoms with Crippen molar-refractivity contribution in [1.82, 2.24) is 10.2 Å². The molecule has 0 aliphatic carbocycles. The van der Waals surface area contributed by atoms with Gasteiger partial charge in [-0.3, -0.25) is 14.4 Å². The number of benzene rings is 2. The maximum absolute atomic E-state index is 12.5. The highest BCUT2D eigenvalue weighted by molar-refractivity contribution is 5.84. The van der Waals surface area contributed by atoms with Gasteiger partial charge < -0.3 is 25.5 Å². The smallest absolute Gasteiger partial charge is 0.323 e. The molecular formula is C23H26N2O7. The molecule has 9 heteroatoms. The van der Waals surface area contributed by atoms with E-state index in [0.29, 0.717) is 11.3 Å². The van der Waals surface area contributed by atoms with Crippen LogP contribution in [-0.4, -0.2) is 63.3 Å². The van der Waals surface area contributed by atoms with Crippen LogP contribution in [0.25, 0.3) is 11.1 Å². The van der Waals surface area contributed by atoms with Crippen molar-refractivity contribution in [2.75, 3.05) is 13.1 Å². The number of aliphatic carboxylic acids is 3. The molecule has 2 rings (SSSR count). The van der Waals surface area contributed by atoms with Crippen molar-refractivity contribution in [3.8, 4) is 11.1 Å². The van der Waals surface area contributed by atoms with Gasteiger partial charge in [0.25, 0.3) is 0 Å². The van der Waals surface area contributed by atoms with Crippen molar-refractivity contribution in [3.05, 3.63) is 60.2 Å². The van der Waals surface area contributed by atoms with Gasteiger partial charge in [0.05, 0.1) is 5.92 Å². The van der Waals surface area contributed by atoms with Gasteiger partial charge in [0.2, 0.25) is 0 Å². The topological polar surface area (TPSA) is 144 Å². The molecule has 0 aromatic heterocycles. The fourth-order valence-corrected chi connectivity index (χ4v) is 3.26. The molecular weight excluding hydrogens is 416 g/mol. The number of carboxylic acid groups (broad SMARTS) is 3. The lowest BCUT2D eigenvalue weighted by atomic mass is 9.95. The van der Waals surface area contributed by atoms with E-state index in [2.05, 4.69) is 5.32 Å². The summed E-state index contributed by atoms with van der Waals surface area (Å²) >= 11 is 0. The van der Waals surface area contributed by atoms with E-state index in [-0.39, 0.29) is 6.42 Å². The Labute approximate surface area is 185 Å². The number of hydrogen-bond acceptors (Lipinski definition) is 4. The van der Waals surface area contributed by atoms with Crippen LogP contribution in [0.2, 0.25) is 0 Å². The van der Waals surface area contributed by atoms with E-state index in [1.165, 1.54) is 6.92 Å². The predicted octanol–water partition coefficient (Wildman–Crippen LogP) is 2.56. The van der Waals surface area contributed by atoms with Gasteiger partial charge in [0, 0.05) is 6.04 Å². The molecule has 2 atom stereocenters. The molecule has 0 bridgehead atoms. The quantitative estimate of drug-likeness (QED) is 0.418. The zero-order valence-electron chi connectivity index (χ0n) is 17.6. The van der Waals surface area contributed by atoms with E-state index in [9.17, 15) is 24.3 Å². The molecule has 2 amide bonds. The van der Waals surface area contributed by atoms with Gasteiger partial charge in [0.1, 0.15) is 13.1 Å². The summed E-state index contributed by atoms with van der Waals surface area (Å²) in [7, 11) is 0. The van der Waals surface area contributed by atoms with Crippen LogP contribution in [0.5, 0.6) is 0 Å². The van der Waals surface area contributed by atoms with Crippen molar-refractivity contribution in [1.29, 1.82) is 0 Å². The lowest BCUT2D eigenvalue weighted by Crippen LogP contribution is -2.49. The number of carbonyl (C=O) groups is 4. The molecule has 0 fully saturated rings. The summed E-state index contributed by atoms with van der Waals surface area (Å²) in [4.78, 5) is 46.5. The SMILES string of the molecule is C[C@H](C[C@@H](Cc1ccc(-c2ccccc2)cc1)NC(=O)N(CC(=O)O)CC(=O)O)C(=O)O. The molecule has 9 nitrogen and oxygen atoms in total. The average Bonchev–Trinajstić information content (AvgIpc) is 2.73. The van der Waals surface area contributed by atoms with Crippen molar-refractivity contribution in [2.24, 2.45) is 5.92 Å². The second kappa shape index (κ2) is 11.5. The van der Waals surface area contributed by atoms with Crippen LogP contribution in [0.4, 0.5) is 4.79 Å². The average molecular weight is 442 g/mol. The second-order valence-corrected chi connectivity index (χ2v) is 7.53. The minimum absolute atomic E-state index is 0.0928. The van der Waals surface area contributed by atoms with Crippen molar-refractivity contribution in [2.45, 2.75) is 25.8 Å². The normalized spacial score (nSPS) is 12.4. The van der Waals surface area contributed by atoms with Gasteiger partial charge in [-0.05, 0) is 29.5 Å². The third-order valence-corrected chi connectivity index (χ3v) is 4.87. The largest absolute Gasteiger partial charge is 0.481 e. The van der Waals surface area contributed by atoms with E-state index < -0.39 is 49.0 Å². The number of urea groups is 1. The van der Waals surface area contributed by atoms with Gasteiger partial charge in [-0.15, -0.1) is 0 Å². The van der Waals surface area contributed by atoms with Crippen LogP contribution in [0.15, 0.2) is 54.6 Å². The Kier molecular flexibility index (Phi) is 8.76. The molecule has 2 aromatic rings. The molecule has 0 aliphatic heterocycles. The third kappa shape index (κ3) is 7.75. The van der Waals surface area contributed by atoms with E-state index in [1.807, 2.05) is 54.6 Å². The van der Waals surface area contributed by atoms with Crippen molar-refractivity contribution < 1.29 is 34.5 Å². The van der Waals surface area contributed by atoms with Crippen LogP contribution in [-0.2, 0) is 20.8 Å². The number of rotatable bonds is 11. The second-order valence-electron chi connectivity index (χ2n) is 7.53. The first-order valence-corrected chi connectivity index (χ1v) is 10.0. The minimum atomic E-state index is -1.35. The highest BCUT2D eigenvalue weighted by atomic mass is 16.4. The molecule has 0 radical (unpaired) electrons. The highest BCUT2D eigenvalue weighted by Crippen LogP contribution is 2.20. The maximum Gasteiger partial charge on any atom is 0.323 e. The fourth-order valence-electron chi connectivity index (χ4n) is 3.26. The van der Waals surface area contributed by atoms with Crippen LogP contribution >= 0.6 is 0 Å². The van der Waals surface area contributed by atoms with Crippen LogP contribution in [0.1, 0.15) is 18.9 Å². The summed E-state index contributed by atoms with van der Waals surface area (Å²) in [6.07, 6.45) is 0.391. The Morgan fingerprint density at radius 2 is 1.38 bits per heavy atom. The Morgan fingerprint density at radius 3 is 1.88 bits per heavy atom. The number of carbonyl (C=O) groups excluding carboxylic acids is 1. The standard InChI is InChI=1S/C23H26N2O7/c1-15(22(30)31)11-19(24-23(32)25(13-20(26)27)14-21(28)29)12-16-7-9-18(10-8-16)17-5-3-2-4-6-17/h2-10,15,19H,11-14H2,1H3,(H,24,32)(H,26,27)(H,28,29)(H,30,31)/t15-,19+/m1/s1. The molecule has 4 N–H and O–H groups in total. The van der Waals surface area contributed by atoms with Crippen LogP contribution in [0.3, 0.4) is 0 Å². The zero-order valence-corrected chi connectivity index (χ0v) is 17.6. The highest BCUT2D eigenvalue weighted by Gasteiger charge is 2.25. The summed E-state index contributed by atoms with van der Waals surface area (Å²) < 4.78 is 0. The first-order valence-electron chi connectivity index (χ1n) is 10.0. The molecule has 0 saturated heterocycles. The summed E-state index contributed by atoms with van der Waals surface area (Å²) in [6.45, 7) is -0.0670. The molecule has 170 valence electrons. The van der Waals surface area contributed by atoms with Gasteiger partial charge in [0.15, 0.2) is 0 Å². The Balaban J connectivity index is 2.17. The summed E-state index contributed by atoms with van der Waals surface area (Å²) in [5.41, 5.74) is 2.89. The van der Waals surface area contributed by atoms with E-state index in [0.717, 1.165) is 16.7 Å². The molecule has 32 heavy (non-hydrogen) atoms. The Hall–Kier alpha value is -3.88. The van der Waals surface area contributed by atoms with Crippen molar-refractivity contribution >= 4 is 23.9 Å². The molecule has 0 aliphatic rings. The number of carboxylic acids is 3. The zero-order chi connectivity index (χ0) is 23.7. The number of nitrogens with zero attached hydrogens (tertiary/aromatic N) is 1. The summed E-state index contributed by atoms with van der Waals surface area (Å²) in [5, 5.41) is 29.8. The Morgan fingerprint density at radius 1 is 0.844 bits per heavy atom. The van der Waals surface area contributed by atoms with Crippen LogP contribution < -0.4 is 5.32 Å². The molecule has 2 aromatic carbocycles. The van der Waals surface area contributed by atoms with Gasteiger partial charge in [-0.1, -0.05) is 61.5 Å². The van der Waals surface area contributed by atoms with Gasteiger partial charge in [-0.25, -0.2) is 4.79 Å². The summed E-state index contributed by atoms with van der Waals surface area (Å²) in [5.74, 6) is -4.50. The molecule has 0 saturated carbocycles. The summed E-state index contributed by atoms with van der Waals surface area (Å²) in [6, 6.07) is 15.8. The van der Waals surface area contributed by atoms with Gasteiger partial charge >= 0.3 is 23.9 Å². The number of hydrogen-bond donors (Lipinski definition) is 4. The monoisotopic (exact) mass is 442 g/mol. The minimum Gasteiger partial charge on any atom is -0.481 e. The predicted molar refractivity (Wildman–Crippen MR) is 116 cm³/mol. The first-order chi connectivity index (χ1) is 15.2. The van der Waals surface area contributed by atoms with Crippen molar-refractivity contribution in [3.63, 3.8) is 0 Å². The fraction of sp³-hybridized carbons (Fsp3) is 0.304. The number of amides is 2. The maximum atomic E-state index is 12.5. The van der Waals surface area contributed by atoms with E-state index in [1.54, 1.807) is 0 Å². The lowest BCUT2D eigenvalue weighted by Gasteiger charge is -2.25. The molecule has 0 spiro atoms. The molecule has 0 heterocycles. The number of nitrogens with one attached hydrogen (secondary N) is 1.